The molecule has 1 aliphatic rings. The number of piperidine rings is 1. The third-order valence-corrected chi connectivity index (χ3v) is 4.14. The third-order valence-electron chi connectivity index (χ3n) is 4.14. The molecule has 0 radical (unpaired) electrons. The quantitative estimate of drug-likeness (QED) is 0.602. The van der Waals surface area contributed by atoms with E-state index in [9.17, 15) is 0 Å². The number of aryl methyl sites for hydroxylation is 1. The smallest absolute Gasteiger partial charge is 0.191 e. The maximum absolute atomic E-state index is 4.32. The maximum atomic E-state index is 4.32. The van der Waals surface area contributed by atoms with Crippen LogP contribution in [0.2, 0.25) is 0 Å². The number of guanidine groups is 1. The molecule has 2 N–H and O–H groups in total. The molecule has 1 fully saturated rings. The first kappa shape index (κ1) is 16.7. The maximum Gasteiger partial charge on any atom is 0.191 e. The molecular weight excluding hydrogens is 278 g/mol. The average Bonchev–Trinajstić information content (AvgIpc) is 3.01. The normalized spacial score (nSPS) is 17.7. The van der Waals surface area contributed by atoms with Crippen molar-refractivity contribution in [1.29, 1.82) is 0 Å². The molecule has 2 heterocycles. The van der Waals surface area contributed by atoms with E-state index < -0.39 is 0 Å². The summed E-state index contributed by atoms with van der Waals surface area (Å²) in [5.74, 6) is 1.78. The monoisotopic (exact) mass is 307 g/mol. The number of rotatable bonds is 6. The minimum absolute atomic E-state index is 0.503. The predicted molar refractivity (Wildman–Crippen MR) is 88.8 cm³/mol. The molecule has 0 spiro atoms. The summed E-state index contributed by atoms with van der Waals surface area (Å²) in [6, 6.07) is 0.503. The van der Waals surface area contributed by atoms with Gasteiger partial charge in [-0.3, -0.25) is 4.99 Å². The van der Waals surface area contributed by atoms with Crippen molar-refractivity contribution in [3.05, 3.63) is 12.2 Å². The van der Waals surface area contributed by atoms with Crippen molar-refractivity contribution in [2.24, 2.45) is 4.99 Å². The van der Waals surface area contributed by atoms with E-state index in [0.29, 0.717) is 12.6 Å². The summed E-state index contributed by atoms with van der Waals surface area (Å²) in [6.07, 6.45) is 5.34. The largest absolute Gasteiger partial charge is 0.354 e. The van der Waals surface area contributed by atoms with Crippen LogP contribution in [0.5, 0.6) is 0 Å². The van der Waals surface area contributed by atoms with Gasteiger partial charge < -0.3 is 20.1 Å². The van der Waals surface area contributed by atoms with Gasteiger partial charge in [0.2, 0.25) is 0 Å². The molecule has 0 amide bonds. The molecule has 1 aromatic rings. The van der Waals surface area contributed by atoms with Crippen molar-refractivity contribution in [2.75, 3.05) is 26.7 Å². The molecule has 7 nitrogen and oxygen atoms in total. The Morgan fingerprint density at radius 1 is 1.36 bits per heavy atom. The van der Waals surface area contributed by atoms with E-state index in [1.165, 1.54) is 38.9 Å². The molecule has 0 atom stereocenters. The molecule has 1 saturated heterocycles. The highest BCUT2D eigenvalue weighted by Gasteiger charge is 2.19. The Morgan fingerprint density at radius 3 is 2.77 bits per heavy atom. The second-order valence-electron chi connectivity index (χ2n) is 5.72. The minimum atomic E-state index is 0.503. The van der Waals surface area contributed by atoms with Crippen LogP contribution in [0.15, 0.2) is 11.3 Å². The number of aromatic nitrogens is 3. The number of aliphatic imine (C=N–C) groups is 1. The highest BCUT2D eigenvalue weighted by Crippen LogP contribution is 2.10. The van der Waals surface area contributed by atoms with Crippen LogP contribution < -0.4 is 10.6 Å². The lowest BCUT2D eigenvalue weighted by Gasteiger charge is -2.32. The molecule has 0 saturated carbocycles. The number of nitrogens with one attached hydrogen (secondary N) is 2. The van der Waals surface area contributed by atoms with Crippen LogP contribution in [-0.2, 0) is 13.1 Å². The zero-order valence-corrected chi connectivity index (χ0v) is 14.0. The molecule has 2 rings (SSSR count). The first-order valence-corrected chi connectivity index (χ1v) is 8.33. The lowest BCUT2D eigenvalue weighted by Crippen LogP contribution is -2.48. The van der Waals surface area contributed by atoms with Gasteiger partial charge in [-0.25, -0.2) is 0 Å². The number of nitrogens with zero attached hydrogens (tertiary/aromatic N) is 5. The highest BCUT2D eigenvalue weighted by molar-refractivity contribution is 5.79. The number of hydrogen-bond donors (Lipinski definition) is 2. The summed E-state index contributed by atoms with van der Waals surface area (Å²) in [5, 5.41) is 14.9. The Bertz CT molecular complexity index is 460. The fraction of sp³-hybridized carbons (Fsp3) is 0.800. The van der Waals surface area contributed by atoms with E-state index in [0.717, 1.165) is 18.3 Å². The van der Waals surface area contributed by atoms with Gasteiger partial charge in [0.25, 0.3) is 0 Å². The molecule has 0 aromatic carbocycles. The zero-order chi connectivity index (χ0) is 15.8. The fourth-order valence-corrected chi connectivity index (χ4v) is 2.85. The minimum Gasteiger partial charge on any atom is -0.354 e. The van der Waals surface area contributed by atoms with Gasteiger partial charge in [0.05, 0.1) is 6.54 Å². The van der Waals surface area contributed by atoms with Crippen molar-refractivity contribution >= 4 is 5.96 Å². The van der Waals surface area contributed by atoms with Gasteiger partial charge in [-0.1, -0.05) is 6.92 Å². The molecule has 1 aromatic heterocycles. The molecule has 7 heteroatoms. The van der Waals surface area contributed by atoms with Gasteiger partial charge in [0.15, 0.2) is 11.8 Å². The highest BCUT2D eigenvalue weighted by atomic mass is 15.3. The fourth-order valence-electron chi connectivity index (χ4n) is 2.85. The van der Waals surface area contributed by atoms with Crippen LogP contribution in [0.25, 0.3) is 0 Å². The van der Waals surface area contributed by atoms with E-state index in [1.54, 1.807) is 6.33 Å². The molecule has 0 unspecified atom stereocenters. The Balaban J connectivity index is 1.76. The van der Waals surface area contributed by atoms with Crippen LogP contribution in [0.3, 0.4) is 0 Å². The zero-order valence-electron chi connectivity index (χ0n) is 14.0. The molecule has 0 aliphatic carbocycles. The average molecular weight is 307 g/mol. The summed E-state index contributed by atoms with van der Waals surface area (Å²) in [6.45, 7) is 9.41. The van der Waals surface area contributed by atoms with E-state index in [2.05, 4.69) is 44.6 Å². The number of hydrogen-bond acceptors (Lipinski definition) is 4. The molecule has 22 heavy (non-hydrogen) atoms. The third kappa shape index (κ3) is 4.69. The van der Waals surface area contributed by atoms with Gasteiger partial charge in [-0.05, 0) is 32.7 Å². The summed E-state index contributed by atoms with van der Waals surface area (Å²) in [5.41, 5.74) is 0. The first-order chi connectivity index (χ1) is 10.8. The standard InChI is InChI=1S/C15H29N7/c1-4-8-21-9-6-13(7-10-21)19-15(16-3)17-11-14-20-18-12-22(14)5-2/h12-13H,4-11H2,1-3H3,(H2,16,17,19). The van der Waals surface area contributed by atoms with Gasteiger partial charge in [0, 0.05) is 32.7 Å². The molecular formula is C15H29N7. The number of likely N-dealkylation sites (tertiary alicyclic amines) is 1. The van der Waals surface area contributed by atoms with Crippen molar-refractivity contribution in [1.82, 2.24) is 30.3 Å². The second kappa shape index (κ2) is 8.73. The molecule has 0 bridgehead atoms. The van der Waals surface area contributed by atoms with Crippen LogP contribution in [0.1, 0.15) is 38.9 Å². The van der Waals surface area contributed by atoms with E-state index in [1.807, 2.05) is 11.6 Å². The van der Waals surface area contributed by atoms with E-state index in [4.69, 9.17) is 0 Å². The summed E-state index contributed by atoms with van der Waals surface area (Å²) in [4.78, 5) is 6.86. The predicted octanol–water partition coefficient (Wildman–Crippen LogP) is 0.837. The van der Waals surface area contributed by atoms with Crippen LogP contribution >= 0.6 is 0 Å². The van der Waals surface area contributed by atoms with E-state index >= 15 is 0 Å². The van der Waals surface area contributed by atoms with Crippen LogP contribution in [0, 0.1) is 0 Å². The Labute approximate surface area is 133 Å². The van der Waals surface area contributed by atoms with Gasteiger partial charge >= 0.3 is 0 Å². The summed E-state index contributed by atoms with van der Waals surface area (Å²) < 4.78 is 2.03. The lowest BCUT2D eigenvalue weighted by molar-refractivity contribution is 0.206. The van der Waals surface area contributed by atoms with Crippen LogP contribution in [-0.4, -0.2) is 58.3 Å². The Kier molecular flexibility index (Phi) is 6.64. The summed E-state index contributed by atoms with van der Waals surface area (Å²) in [7, 11) is 1.81. The van der Waals surface area contributed by atoms with Crippen LogP contribution in [0.4, 0.5) is 0 Å². The Hall–Kier alpha value is -1.63. The topological polar surface area (TPSA) is 70.4 Å². The molecule has 1 aliphatic heterocycles. The SMILES string of the molecule is CCCN1CCC(NC(=NC)NCc2nncn2CC)CC1. The van der Waals surface area contributed by atoms with Gasteiger partial charge in [-0.2, -0.15) is 0 Å². The van der Waals surface area contributed by atoms with Crippen molar-refractivity contribution in [2.45, 2.75) is 52.2 Å². The summed E-state index contributed by atoms with van der Waals surface area (Å²) >= 11 is 0. The lowest BCUT2D eigenvalue weighted by atomic mass is 10.1. The first-order valence-electron chi connectivity index (χ1n) is 8.33. The second-order valence-corrected chi connectivity index (χ2v) is 5.72. The van der Waals surface area contributed by atoms with Crippen molar-refractivity contribution in [3.8, 4) is 0 Å². The van der Waals surface area contributed by atoms with Crippen molar-refractivity contribution in [3.63, 3.8) is 0 Å². The van der Waals surface area contributed by atoms with E-state index in [-0.39, 0.29) is 0 Å². The van der Waals surface area contributed by atoms with Gasteiger partial charge in [0.1, 0.15) is 6.33 Å². The Morgan fingerprint density at radius 2 is 2.14 bits per heavy atom. The van der Waals surface area contributed by atoms with Crippen molar-refractivity contribution < 1.29 is 0 Å². The molecule has 124 valence electrons. The van der Waals surface area contributed by atoms with Gasteiger partial charge in [-0.15, -0.1) is 10.2 Å².